The SMILES string of the molecule is C=CC(=O)O.CC=CCC1CO1. The molecule has 1 aliphatic rings. The Kier molecular flexibility index (Phi) is 6.01. The zero-order valence-electron chi connectivity index (χ0n) is 7.19. The zero-order chi connectivity index (χ0) is 9.40. The van der Waals surface area contributed by atoms with Gasteiger partial charge in [0.2, 0.25) is 0 Å². The molecule has 1 saturated heterocycles. The number of carboxylic acid groups (broad SMARTS) is 1. The van der Waals surface area contributed by atoms with Crippen molar-refractivity contribution in [3.63, 3.8) is 0 Å². The van der Waals surface area contributed by atoms with Crippen LogP contribution in [0.1, 0.15) is 13.3 Å². The van der Waals surface area contributed by atoms with E-state index in [1.165, 1.54) is 0 Å². The molecule has 0 aromatic heterocycles. The largest absolute Gasteiger partial charge is 0.478 e. The van der Waals surface area contributed by atoms with Crippen molar-refractivity contribution in [3.8, 4) is 0 Å². The van der Waals surface area contributed by atoms with Crippen molar-refractivity contribution in [3.05, 3.63) is 24.8 Å². The molecular weight excluding hydrogens is 156 g/mol. The van der Waals surface area contributed by atoms with Crippen LogP contribution in [0.15, 0.2) is 24.8 Å². The summed E-state index contributed by atoms with van der Waals surface area (Å²) in [6.07, 6.45) is 6.70. The van der Waals surface area contributed by atoms with E-state index in [9.17, 15) is 4.79 Å². The minimum atomic E-state index is -0.981. The summed E-state index contributed by atoms with van der Waals surface area (Å²) in [7, 11) is 0. The minimum absolute atomic E-state index is 0.566. The quantitative estimate of drug-likeness (QED) is 0.397. The van der Waals surface area contributed by atoms with E-state index in [0.29, 0.717) is 6.10 Å². The molecule has 1 unspecified atom stereocenters. The molecule has 0 aliphatic carbocycles. The first kappa shape index (κ1) is 10.9. The first-order valence-electron chi connectivity index (χ1n) is 3.78. The predicted octanol–water partition coefficient (Wildman–Crippen LogP) is 1.61. The van der Waals surface area contributed by atoms with Crippen molar-refractivity contribution < 1.29 is 14.6 Å². The van der Waals surface area contributed by atoms with E-state index in [2.05, 4.69) is 18.7 Å². The fourth-order valence-electron chi connectivity index (χ4n) is 0.492. The average molecular weight is 170 g/mol. The van der Waals surface area contributed by atoms with Crippen LogP contribution in [-0.2, 0) is 9.53 Å². The maximum Gasteiger partial charge on any atom is 0.327 e. The Morgan fingerprint density at radius 1 is 1.83 bits per heavy atom. The molecule has 1 N–H and O–H groups in total. The second kappa shape index (κ2) is 6.61. The van der Waals surface area contributed by atoms with Crippen LogP contribution in [0.4, 0.5) is 0 Å². The number of carbonyl (C=O) groups is 1. The van der Waals surface area contributed by atoms with Crippen LogP contribution >= 0.6 is 0 Å². The smallest absolute Gasteiger partial charge is 0.327 e. The molecule has 0 radical (unpaired) electrons. The number of rotatable bonds is 3. The Hall–Kier alpha value is -1.09. The molecule has 68 valence electrons. The minimum Gasteiger partial charge on any atom is -0.478 e. The molecule has 1 rings (SSSR count). The molecule has 1 heterocycles. The van der Waals surface area contributed by atoms with E-state index in [4.69, 9.17) is 9.84 Å². The summed E-state index contributed by atoms with van der Waals surface area (Å²) in [5.41, 5.74) is 0. The molecule has 0 aromatic carbocycles. The molecule has 0 amide bonds. The van der Waals surface area contributed by atoms with Crippen molar-refractivity contribution in [2.24, 2.45) is 0 Å². The number of hydrogen-bond donors (Lipinski definition) is 1. The molecule has 0 aromatic rings. The molecule has 3 nitrogen and oxygen atoms in total. The van der Waals surface area contributed by atoms with Gasteiger partial charge in [0.15, 0.2) is 0 Å². The lowest BCUT2D eigenvalue weighted by Gasteiger charge is -1.77. The van der Waals surface area contributed by atoms with Gasteiger partial charge in [0.1, 0.15) is 0 Å². The Labute approximate surface area is 72.3 Å². The number of ether oxygens (including phenoxy) is 1. The van der Waals surface area contributed by atoms with E-state index in [1.54, 1.807) is 0 Å². The van der Waals surface area contributed by atoms with Gasteiger partial charge in [-0.3, -0.25) is 0 Å². The van der Waals surface area contributed by atoms with Crippen LogP contribution in [0, 0.1) is 0 Å². The van der Waals surface area contributed by atoms with Crippen molar-refractivity contribution in [2.45, 2.75) is 19.4 Å². The van der Waals surface area contributed by atoms with Crippen molar-refractivity contribution >= 4 is 5.97 Å². The lowest BCUT2D eigenvalue weighted by Crippen LogP contribution is -1.82. The second-order valence-corrected chi connectivity index (χ2v) is 2.30. The fourth-order valence-corrected chi connectivity index (χ4v) is 0.492. The molecule has 1 aliphatic heterocycles. The van der Waals surface area contributed by atoms with Crippen LogP contribution < -0.4 is 0 Å². The number of aliphatic carboxylic acids is 1. The summed E-state index contributed by atoms with van der Waals surface area (Å²) in [6.45, 7) is 5.97. The Bertz CT molecular complexity index is 169. The van der Waals surface area contributed by atoms with Crippen LogP contribution in [0.3, 0.4) is 0 Å². The van der Waals surface area contributed by atoms with Crippen LogP contribution in [0.2, 0.25) is 0 Å². The normalized spacial score (nSPS) is 19.6. The zero-order valence-corrected chi connectivity index (χ0v) is 7.19. The number of carboxylic acids is 1. The predicted molar refractivity (Wildman–Crippen MR) is 47.0 cm³/mol. The molecule has 0 saturated carbocycles. The third-order valence-electron chi connectivity index (χ3n) is 1.21. The Balaban J connectivity index is 0.000000217. The molecule has 0 spiro atoms. The summed E-state index contributed by atoms with van der Waals surface area (Å²) >= 11 is 0. The van der Waals surface area contributed by atoms with Crippen molar-refractivity contribution in [1.29, 1.82) is 0 Å². The number of epoxide rings is 1. The first-order chi connectivity index (χ1) is 5.70. The summed E-state index contributed by atoms with van der Waals surface area (Å²) in [6, 6.07) is 0. The third-order valence-corrected chi connectivity index (χ3v) is 1.21. The molecule has 1 fully saturated rings. The van der Waals surface area contributed by atoms with Gasteiger partial charge in [0.05, 0.1) is 12.7 Å². The Morgan fingerprint density at radius 2 is 2.33 bits per heavy atom. The van der Waals surface area contributed by atoms with Crippen LogP contribution in [0.25, 0.3) is 0 Å². The number of allylic oxidation sites excluding steroid dienone is 1. The molecule has 1 atom stereocenters. The fraction of sp³-hybridized carbons (Fsp3) is 0.444. The van der Waals surface area contributed by atoms with Gasteiger partial charge in [-0.1, -0.05) is 18.7 Å². The van der Waals surface area contributed by atoms with Gasteiger partial charge in [0, 0.05) is 6.08 Å². The molecular formula is C9H14O3. The highest BCUT2D eigenvalue weighted by Crippen LogP contribution is 2.12. The van der Waals surface area contributed by atoms with Gasteiger partial charge in [-0.05, 0) is 13.3 Å². The van der Waals surface area contributed by atoms with E-state index in [0.717, 1.165) is 19.1 Å². The summed E-state index contributed by atoms with van der Waals surface area (Å²) in [5, 5.41) is 7.60. The maximum absolute atomic E-state index is 9.25. The van der Waals surface area contributed by atoms with Crippen molar-refractivity contribution in [1.82, 2.24) is 0 Å². The lowest BCUT2D eigenvalue weighted by molar-refractivity contribution is -0.131. The van der Waals surface area contributed by atoms with E-state index in [-0.39, 0.29) is 0 Å². The van der Waals surface area contributed by atoms with Crippen molar-refractivity contribution in [2.75, 3.05) is 6.61 Å². The summed E-state index contributed by atoms with van der Waals surface area (Å²) in [4.78, 5) is 9.25. The highest BCUT2D eigenvalue weighted by Gasteiger charge is 2.19. The Morgan fingerprint density at radius 3 is 2.58 bits per heavy atom. The van der Waals surface area contributed by atoms with E-state index < -0.39 is 5.97 Å². The molecule has 3 heteroatoms. The summed E-state index contributed by atoms with van der Waals surface area (Å²) < 4.78 is 4.96. The lowest BCUT2D eigenvalue weighted by atomic mass is 10.3. The standard InChI is InChI=1S/C6H10O.C3H4O2/c1-2-3-4-6-5-7-6;1-2-3(4)5/h2-3,6H,4-5H2,1H3;2H,1H2,(H,4,5). The third kappa shape index (κ3) is 8.91. The highest BCUT2D eigenvalue weighted by molar-refractivity contribution is 5.78. The van der Waals surface area contributed by atoms with E-state index >= 15 is 0 Å². The monoisotopic (exact) mass is 170 g/mol. The topological polar surface area (TPSA) is 49.8 Å². The second-order valence-electron chi connectivity index (χ2n) is 2.30. The first-order valence-corrected chi connectivity index (χ1v) is 3.78. The number of hydrogen-bond acceptors (Lipinski definition) is 2. The van der Waals surface area contributed by atoms with Gasteiger partial charge >= 0.3 is 5.97 Å². The summed E-state index contributed by atoms with van der Waals surface area (Å²) in [5.74, 6) is -0.981. The highest BCUT2D eigenvalue weighted by atomic mass is 16.6. The molecule has 12 heavy (non-hydrogen) atoms. The average Bonchev–Trinajstić information content (AvgIpc) is 2.85. The van der Waals surface area contributed by atoms with Gasteiger partial charge in [-0.25, -0.2) is 4.79 Å². The maximum atomic E-state index is 9.25. The van der Waals surface area contributed by atoms with E-state index in [1.807, 2.05) is 6.92 Å². The van der Waals surface area contributed by atoms with Gasteiger partial charge in [-0.2, -0.15) is 0 Å². The van der Waals surface area contributed by atoms with Crippen LogP contribution in [-0.4, -0.2) is 23.8 Å². The van der Waals surface area contributed by atoms with Gasteiger partial charge in [0.25, 0.3) is 0 Å². The molecule has 0 bridgehead atoms. The van der Waals surface area contributed by atoms with Crippen LogP contribution in [0.5, 0.6) is 0 Å². The van der Waals surface area contributed by atoms with Gasteiger partial charge in [-0.15, -0.1) is 0 Å². The van der Waals surface area contributed by atoms with Gasteiger partial charge < -0.3 is 9.84 Å².